The molecule has 5 heteroatoms. The third-order valence-electron chi connectivity index (χ3n) is 2.05. The molecule has 0 spiro atoms. The summed E-state index contributed by atoms with van der Waals surface area (Å²) in [6.07, 6.45) is -1.44. The molecule has 15 heavy (non-hydrogen) atoms. The molecule has 0 amide bonds. The molecule has 0 fully saturated rings. The average molecular weight is 219 g/mol. The van der Waals surface area contributed by atoms with Gasteiger partial charge in [-0.2, -0.15) is 5.26 Å². The molecule has 0 aromatic carbocycles. The summed E-state index contributed by atoms with van der Waals surface area (Å²) < 4.78 is 24.1. The monoisotopic (exact) mass is 219 g/mol. The summed E-state index contributed by atoms with van der Waals surface area (Å²) in [4.78, 5) is 1.47. The quantitative estimate of drug-likeness (QED) is 0.704. The van der Waals surface area contributed by atoms with Gasteiger partial charge in [-0.3, -0.25) is 10.2 Å². The van der Waals surface area contributed by atoms with E-state index in [1.54, 1.807) is 14.0 Å². The number of hydrogen-bond acceptors (Lipinski definition) is 3. The highest BCUT2D eigenvalue weighted by Crippen LogP contribution is 2.06. The van der Waals surface area contributed by atoms with Gasteiger partial charge in [0, 0.05) is 6.54 Å². The van der Waals surface area contributed by atoms with Crippen LogP contribution in [0.3, 0.4) is 0 Å². The predicted octanol–water partition coefficient (Wildman–Crippen LogP) is 1.47. The van der Waals surface area contributed by atoms with Crippen LogP contribution < -0.4 is 5.32 Å². The molecule has 88 valence electrons. The van der Waals surface area contributed by atoms with Gasteiger partial charge in [-0.15, -0.1) is 0 Å². The molecule has 0 bridgehead atoms. The SMILES string of the molecule is CCCNC(C)(C#N)CN(C)CC(F)F. The van der Waals surface area contributed by atoms with Crippen LogP contribution in [-0.4, -0.2) is 43.5 Å². The van der Waals surface area contributed by atoms with Crippen molar-refractivity contribution in [3.8, 4) is 6.07 Å². The van der Waals surface area contributed by atoms with Gasteiger partial charge in [-0.1, -0.05) is 6.92 Å². The lowest BCUT2D eigenvalue weighted by molar-refractivity contribution is 0.0922. The Morgan fingerprint density at radius 3 is 2.53 bits per heavy atom. The second-order valence-electron chi connectivity index (χ2n) is 3.96. The maximum absolute atomic E-state index is 12.1. The highest BCUT2D eigenvalue weighted by atomic mass is 19.3. The van der Waals surface area contributed by atoms with Crippen LogP contribution in [0.4, 0.5) is 8.78 Å². The van der Waals surface area contributed by atoms with Gasteiger partial charge >= 0.3 is 0 Å². The largest absolute Gasteiger partial charge is 0.299 e. The van der Waals surface area contributed by atoms with Crippen molar-refractivity contribution in [1.29, 1.82) is 5.26 Å². The van der Waals surface area contributed by atoms with E-state index in [0.717, 1.165) is 6.42 Å². The minimum atomic E-state index is -2.36. The van der Waals surface area contributed by atoms with Gasteiger partial charge in [0.2, 0.25) is 0 Å². The van der Waals surface area contributed by atoms with Crippen molar-refractivity contribution >= 4 is 0 Å². The van der Waals surface area contributed by atoms with Gasteiger partial charge in [0.15, 0.2) is 0 Å². The maximum Gasteiger partial charge on any atom is 0.251 e. The van der Waals surface area contributed by atoms with Crippen molar-refractivity contribution in [2.45, 2.75) is 32.2 Å². The van der Waals surface area contributed by atoms with E-state index >= 15 is 0 Å². The number of likely N-dealkylation sites (N-methyl/N-ethyl adjacent to an activating group) is 1. The zero-order valence-corrected chi connectivity index (χ0v) is 9.56. The lowest BCUT2D eigenvalue weighted by Gasteiger charge is -2.28. The zero-order chi connectivity index (χ0) is 11.9. The number of nitrogens with one attached hydrogen (secondary N) is 1. The van der Waals surface area contributed by atoms with Crippen molar-refractivity contribution in [1.82, 2.24) is 10.2 Å². The highest BCUT2D eigenvalue weighted by molar-refractivity contribution is 5.05. The Balaban J connectivity index is 4.13. The Morgan fingerprint density at radius 1 is 1.53 bits per heavy atom. The van der Waals surface area contributed by atoms with E-state index in [1.807, 2.05) is 6.92 Å². The van der Waals surface area contributed by atoms with Crippen LogP contribution in [-0.2, 0) is 0 Å². The fourth-order valence-electron chi connectivity index (χ4n) is 1.37. The van der Waals surface area contributed by atoms with Crippen LogP contribution in [0.2, 0.25) is 0 Å². The Bertz CT molecular complexity index is 215. The lowest BCUT2D eigenvalue weighted by atomic mass is 10.0. The van der Waals surface area contributed by atoms with E-state index in [2.05, 4.69) is 11.4 Å². The number of rotatable bonds is 7. The molecule has 0 rings (SSSR count). The van der Waals surface area contributed by atoms with E-state index < -0.39 is 12.0 Å². The van der Waals surface area contributed by atoms with Crippen LogP contribution in [0, 0.1) is 11.3 Å². The average Bonchev–Trinajstić information content (AvgIpc) is 2.13. The van der Waals surface area contributed by atoms with Crippen LogP contribution in [0.25, 0.3) is 0 Å². The van der Waals surface area contributed by atoms with Crippen LogP contribution >= 0.6 is 0 Å². The molecule has 0 saturated carbocycles. The van der Waals surface area contributed by atoms with Crippen molar-refractivity contribution in [3.05, 3.63) is 0 Å². The molecule has 1 atom stereocenters. The molecular formula is C10H19F2N3. The summed E-state index contributed by atoms with van der Waals surface area (Å²) in [6.45, 7) is 4.43. The zero-order valence-electron chi connectivity index (χ0n) is 9.56. The number of nitriles is 1. The first-order valence-electron chi connectivity index (χ1n) is 5.06. The predicted molar refractivity (Wildman–Crippen MR) is 55.8 cm³/mol. The summed E-state index contributed by atoms with van der Waals surface area (Å²) >= 11 is 0. The molecular weight excluding hydrogens is 200 g/mol. The Labute approximate surface area is 90.1 Å². The van der Waals surface area contributed by atoms with Crippen molar-refractivity contribution in [2.75, 3.05) is 26.7 Å². The van der Waals surface area contributed by atoms with Crippen molar-refractivity contribution < 1.29 is 8.78 Å². The number of alkyl halides is 2. The van der Waals surface area contributed by atoms with E-state index in [9.17, 15) is 8.78 Å². The minimum Gasteiger partial charge on any atom is -0.299 e. The first kappa shape index (κ1) is 14.3. The minimum absolute atomic E-state index is 0.299. The van der Waals surface area contributed by atoms with Crippen LogP contribution in [0.15, 0.2) is 0 Å². The standard InChI is InChI=1S/C10H19F2N3/c1-4-5-14-10(2,7-13)8-15(3)6-9(11)12/h9,14H,4-6,8H2,1-3H3. The molecule has 3 nitrogen and oxygen atoms in total. The normalized spacial score (nSPS) is 15.3. The third kappa shape index (κ3) is 6.37. The molecule has 1 unspecified atom stereocenters. The lowest BCUT2D eigenvalue weighted by Crippen LogP contribution is -2.50. The van der Waals surface area contributed by atoms with Crippen molar-refractivity contribution in [2.24, 2.45) is 0 Å². The summed E-state index contributed by atoms with van der Waals surface area (Å²) in [7, 11) is 1.59. The molecule has 0 radical (unpaired) electrons. The van der Waals surface area contributed by atoms with Crippen LogP contribution in [0.5, 0.6) is 0 Å². The van der Waals surface area contributed by atoms with E-state index in [4.69, 9.17) is 5.26 Å². The smallest absolute Gasteiger partial charge is 0.251 e. The number of hydrogen-bond donors (Lipinski definition) is 1. The van der Waals surface area contributed by atoms with E-state index in [0.29, 0.717) is 13.1 Å². The summed E-state index contributed by atoms with van der Waals surface area (Å²) in [5.41, 5.74) is -0.750. The van der Waals surface area contributed by atoms with Gasteiger partial charge in [-0.05, 0) is 26.9 Å². The second kappa shape index (κ2) is 6.70. The Morgan fingerprint density at radius 2 is 2.13 bits per heavy atom. The van der Waals surface area contributed by atoms with Crippen LogP contribution in [0.1, 0.15) is 20.3 Å². The molecule has 0 saturated heterocycles. The summed E-state index contributed by atoms with van der Waals surface area (Å²) in [6, 6.07) is 2.12. The van der Waals surface area contributed by atoms with Gasteiger partial charge < -0.3 is 0 Å². The number of nitrogens with zero attached hydrogens (tertiary/aromatic N) is 2. The molecule has 0 aliphatic carbocycles. The second-order valence-corrected chi connectivity index (χ2v) is 3.96. The molecule has 1 N–H and O–H groups in total. The topological polar surface area (TPSA) is 39.1 Å². The van der Waals surface area contributed by atoms with Gasteiger partial charge in [0.05, 0.1) is 12.6 Å². The molecule has 0 aromatic heterocycles. The molecule has 0 heterocycles. The van der Waals surface area contributed by atoms with E-state index in [-0.39, 0.29) is 6.54 Å². The molecule has 0 aromatic rings. The van der Waals surface area contributed by atoms with E-state index in [1.165, 1.54) is 4.90 Å². The maximum atomic E-state index is 12.1. The Kier molecular flexibility index (Phi) is 6.37. The Hall–Kier alpha value is -0.730. The molecule has 0 aliphatic rings. The first-order valence-corrected chi connectivity index (χ1v) is 5.06. The summed E-state index contributed by atoms with van der Waals surface area (Å²) in [5, 5.41) is 12.0. The number of halogens is 2. The van der Waals surface area contributed by atoms with Gasteiger partial charge in [0.25, 0.3) is 6.43 Å². The fraction of sp³-hybridized carbons (Fsp3) is 0.900. The summed E-state index contributed by atoms with van der Waals surface area (Å²) in [5.74, 6) is 0. The van der Waals surface area contributed by atoms with Gasteiger partial charge in [0.1, 0.15) is 5.54 Å². The first-order chi connectivity index (χ1) is 6.93. The third-order valence-corrected chi connectivity index (χ3v) is 2.05. The fourth-order valence-corrected chi connectivity index (χ4v) is 1.37. The van der Waals surface area contributed by atoms with Crippen molar-refractivity contribution in [3.63, 3.8) is 0 Å². The highest BCUT2D eigenvalue weighted by Gasteiger charge is 2.25. The van der Waals surface area contributed by atoms with Gasteiger partial charge in [-0.25, -0.2) is 8.78 Å². The molecule has 0 aliphatic heterocycles.